The number of para-hydroxylation sites is 1. The lowest BCUT2D eigenvalue weighted by Crippen LogP contribution is -2.40. The second-order valence-electron chi connectivity index (χ2n) is 9.80. The van der Waals surface area contributed by atoms with E-state index in [9.17, 15) is 19.7 Å². The molecular formula is C32H23BrN4O6S. The number of ether oxygens (including phenoxy) is 1. The Balaban J connectivity index is 1.44. The summed E-state index contributed by atoms with van der Waals surface area (Å²) in [6.07, 6.45) is 1.62. The number of furan rings is 1. The SMILES string of the molecule is COc1cccc([C@H]2C(C(=O)Nc3ccccc3)=C(C)N=c3s/c(=C\c4ccc(-c5ccc([N+](=O)[O-])cc5Br)o4)c(=O)n32)c1. The van der Waals surface area contributed by atoms with Crippen molar-refractivity contribution in [2.45, 2.75) is 13.0 Å². The number of fused-ring (bicyclic) bond motifs is 1. The third kappa shape index (κ3) is 5.52. The molecule has 0 radical (unpaired) electrons. The van der Waals surface area contributed by atoms with Gasteiger partial charge in [-0.2, -0.15) is 0 Å². The highest BCUT2D eigenvalue weighted by Gasteiger charge is 2.33. The largest absolute Gasteiger partial charge is 0.497 e. The molecule has 6 rings (SSSR count). The molecule has 0 spiro atoms. The number of rotatable bonds is 7. The van der Waals surface area contributed by atoms with Gasteiger partial charge in [-0.3, -0.25) is 24.3 Å². The van der Waals surface area contributed by atoms with E-state index in [1.54, 1.807) is 62.6 Å². The molecule has 0 aliphatic carbocycles. The van der Waals surface area contributed by atoms with Gasteiger partial charge in [0.2, 0.25) is 0 Å². The van der Waals surface area contributed by atoms with Crippen LogP contribution in [0.4, 0.5) is 11.4 Å². The van der Waals surface area contributed by atoms with E-state index in [1.165, 1.54) is 28.0 Å². The molecule has 0 unspecified atom stereocenters. The molecular weight excluding hydrogens is 648 g/mol. The zero-order valence-corrected chi connectivity index (χ0v) is 25.7. The predicted octanol–water partition coefficient (Wildman–Crippen LogP) is 5.81. The van der Waals surface area contributed by atoms with E-state index < -0.39 is 11.0 Å². The fourth-order valence-electron chi connectivity index (χ4n) is 4.98. The number of nitro groups is 1. The summed E-state index contributed by atoms with van der Waals surface area (Å²) in [4.78, 5) is 43.5. The minimum Gasteiger partial charge on any atom is -0.497 e. The van der Waals surface area contributed by atoms with E-state index in [-0.39, 0.29) is 17.2 Å². The summed E-state index contributed by atoms with van der Waals surface area (Å²) in [5, 5.41) is 14.1. The second kappa shape index (κ2) is 11.9. The first-order valence-electron chi connectivity index (χ1n) is 13.3. The number of anilines is 1. The Labute approximate surface area is 262 Å². The standard InChI is InChI=1S/C32H23BrN4O6S/c1-18-28(30(38)35-20-8-4-3-5-9-20)29(19-7-6-10-22(15-19)42-2)36-31(39)27(44-32(36)34-18)17-23-12-14-26(43-23)24-13-11-21(37(40)41)16-25(24)33/h3-17,29H,1-2H3,(H,35,38)/b27-17-/t29-/m0/s1. The molecule has 220 valence electrons. The van der Waals surface area contributed by atoms with Crippen LogP contribution in [0.15, 0.2) is 115 Å². The number of nitrogens with one attached hydrogen (secondary N) is 1. The summed E-state index contributed by atoms with van der Waals surface area (Å²) >= 11 is 4.56. The maximum atomic E-state index is 14.0. The zero-order valence-electron chi connectivity index (χ0n) is 23.3. The van der Waals surface area contributed by atoms with Crippen molar-refractivity contribution in [2.75, 3.05) is 12.4 Å². The number of carbonyl (C=O) groups excluding carboxylic acids is 1. The number of methoxy groups -OCH3 is 1. The number of thiazole rings is 1. The smallest absolute Gasteiger partial charge is 0.271 e. The molecule has 0 saturated carbocycles. The van der Waals surface area contributed by atoms with Crippen LogP contribution in [0, 0.1) is 10.1 Å². The number of non-ortho nitro benzene ring substituents is 1. The number of allylic oxidation sites excluding steroid dienone is 1. The molecule has 0 saturated heterocycles. The highest BCUT2D eigenvalue weighted by atomic mass is 79.9. The molecule has 0 fully saturated rings. The van der Waals surface area contributed by atoms with Crippen LogP contribution < -0.4 is 24.9 Å². The molecule has 1 N–H and O–H groups in total. The van der Waals surface area contributed by atoms with Gasteiger partial charge < -0.3 is 14.5 Å². The molecule has 3 aromatic carbocycles. The lowest BCUT2D eigenvalue weighted by molar-refractivity contribution is -0.384. The summed E-state index contributed by atoms with van der Waals surface area (Å²) in [5.74, 6) is 1.09. The van der Waals surface area contributed by atoms with Crippen LogP contribution in [0.25, 0.3) is 17.4 Å². The number of carbonyl (C=O) groups is 1. The van der Waals surface area contributed by atoms with Gasteiger partial charge in [-0.25, -0.2) is 4.99 Å². The van der Waals surface area contributed by atoms with E-state index in [1.807, 2.05) is 30.3 Å². The fourth-order valence-corrected chi connectivity index (χ4v) is 6.57. The van der Waals surface area contributed by atoms with Gasteiger partial charge in [-0.05, 0) is 70.9 Å². The first kappa shape index (κ1) is 29.0. The average molecular weight is 672 g/mol. The molecule has 1 aliphatic rings. The summed E-state index contributed by atoms with van der Waals surface area (Å²) in [7, 11) is 1.56. The van der Waals surface area contributed by atoms with Gasteiger partial charge in [-0.15, -0.1) is 0 Å². The van der Waals surface area contributed by atoms with Crippen molar-refractivity contribution in [1.29, 1.82) is 0 Å². The first-order chi connectivity index (χ1) is 21.2. The molecule has 1 atom stereocenters. The molecule has 1 amide bonds. The van der Waals surface area contributed by atoms with Crippen LogP contribution in [-0.4, -0.2) is 22.5 Å². The average Bonchev–Trinajstić information content (AvgIpc) is 3.60. The predicted molar refractivity (Wildman–Crippen MR) is 170 cm³/mol. The van der Waals surface area contributed by atoms with Crippen molar-refractivity contribution in [3.05, 3.63) is 142 Å². The van der Waals surface area contributed by atoms with Crippen LogP contribution in [-0.2, 0) is 4.79 Å². The van der Waals surface area contributed by atoms with Gasteiger partial charge in [0.15, 0.2) is 4.80 Å². The van der Waals surface area contributed by atoms with Crippen LogP contribution >= 0.6 is 27.3 Å². The maximum absolute atomic E-state index is 14.0. The van der Waals surface area contributed by atoms with Crippen LogP contribution in [0.2, 0.25) is 0 Å². The maximum Gasteiger partial charge on any atom is 0.271 e. The fraction of sp³-hybridized carbons (Fsp3) is 0.0938. The molecule has 10 nitrogen and oxygen atoms in total. The van der Waals surface area contributed by atoms with Gasteiger partial charge in [0, 0.05) is 33.9 Å². The lowest BCUT2D eigenvalue weighted by atomic mass is 9.95. The number of benzene rings is 3. The Morgan fingerprint density at radius 1 is 1.11 bits per heavy atom. The number of aromatic nitrogens is 1. The molecule has 12 heteroatoms. The molecule has 5 aromatic rings. The Morgan fingerprint density at radius 2 is 1.91 bits per heavy atom. The minimum absolute atomic E-state index is 0.0498. The van der Waals surface area contributed by atoms with E-state index in [4.69, 9.17) is 9.15 Å². The Morgan fingerprint density at radius 3 is 2.64 bits per heavy atom. The number of nitro benzene ring substituents is 1. The topological polar surface area (TPSA) is 129 Å². The number of amides is 1. The van der Waals surface area contributed by atoms with Crippen LogP contribution in [0.5, 0.6) is 5.75 Å². The van der Waals surface area contributed by atoms with E-state index in [0.717, 1.165) is 0 Å². The summed E-state index contributed by atoms with van der Waals surface area (Å²) in [6, 6.07) is 23.4. The number of halogens is 1. The highest BCUT2D eigenvalue weighted by molar-refractivity contribution is 9.10. The van der Waals surface area contributed by atoms with Crippen molar-refractivity contribution >= 4 is 50.6 Å². The van der Waals surface area contributed by atoms with Crippen molar-refractivity contribution in [3.8, 4) is 17.1 Å². The summed E-state index contributed by atoms with van der Waals surface area (Å²) in [5.41, 5.74) is 2.37. The van der Waals surface area contributed by atoms with Gasteiger partial charge in [0.1, 0.15) is 17.3 Å². The third-order valence-electron chi connectivity index (χ3n) is 7.04. The van der Waals surface area contributed by atoms with Crippen molar-refractivity contribution in [3.63, 3.8) is 0 Å². The van der Waals surface area contributed by atoms with Gasteiger partial charge in [-0.1, -0.05) is 41.7 Å². The normalized spacial score (nSPS) is 14.6. The zero-order chi connectivity index (χ0) is 31.0. The molecule has 1 aliphatic heterocycles. The quantitative estimate of drug-likeness (QED) is 0.172. The number of nitrogens with zero attached hydrogens (tertiary/aromatic N) is 3. The Bertz CT molecular complexity index is 2150. The van der Waals surface area contributed by atoms with Crippen molar-refractivity contribution < 1.29 is 18.9 Å². The van der Waals surface area contributed by atoms with Crippen molar-refractivity contribution in [2.24, 2.45) is 4.99 Å². The Kier molecular flexibility index (Phi) is 7.85. The highest BCUT2D eigenvalue weighted by Crippen LogP contribution is 2.34. The van der Waals surface area contributed by atoms with Gasteiger partial charge >= 0.3 is 0 Å². The number of hydrogen-bond acceptors (Lipinski definition) is 8. The van der Waals surface area contributed by atoms with Gasteiger partial charge in [0.05, 0.1) is 33.9 Å². The molecule has 2 aromatic heterocycles. The summed E-state index contributed by atoms with van der Waals surface area (Å²) < 4.78 is 13.8. The summed E-state index contributed by atoms with van der Waals surface area (Å²) in [6.45, 7) is 1.75. The second-order valence-corrected chi connectivity index (χ2v) is 11.7. The van der Waals surface area contributed by atoms with Crippen LogP contribution in [0.1, 0.15) is 24.3 Å². The number of hydrogen-bond donors (Lipinski definition) is 1. The van der Waals surface area contributed by atoms with E-state index >= 15 is 0 Å². The molecule has 3 heterocycles. The lowest BCUT2D eigenvalue weighted by Gasteiger charge is -2.25. The van der Waals surface area contributed by atoms with Crippen molar-refractivity contribution in [1.82, 2.24) is 4.57 Å². The monoisotopic (exact) mass is 670 g/mol. The third-order valence-corrected chi connectivity index (χ3v) is 8.68. The first-order valence-corrected chi connectivity index (χ1v) is 14.9. The van der Waals surface area contributed by atoms with E-state index in [2.05, 4.69) is 26.2 Å². The van der Waals surface area contributed by atoms with Crippen LogP contribution in [0.3, 0.4) is 0 Å². The molecule has 44 heavy (non-hydrogen) atoms. The minimum atomic E-state index is -0.768. The Hall–Kier alpha value is -5.07. The molecule has 0 bridgehead atoms. The van der Waals surface area contributed by atoms with E-state index in [0.29, 0.717) is 59.2 Å². The van der Waals surface area contributed by atoms with Gasteiger partial charge in [0.25, 0.3) is 17.2 Å².